The van der Waals surface area contributed by atoms with E-state index >= 15 is 0 Å². The zero-order chi connectivity index (χ0) is 12.8. The molecule has 1 fully saturated rings. The number of rotatable bonds is 5. The molecule has 0 radical (unpaired) electrons. The van der Waals surface area contributed by atoms with Gasteiger partial charge >= 0.3 is 0 Å². The first-order chi connectivity index (χ1) is 8.00. The van der Waals surface area contributed by atoms with Crippen LogP contribution in [0.5, 0.6) is 0 Å². The minimum Gasteiger partial charge on any atom is -0.512 e. The Morgan fingerprint density at radius 2 is 1.71 bits per heavy atom. The van der Waals surface area contributed by atoms with Gasteiger partial charge in [0, 0.05) is 18.0 Å². The predicted molar refractivity (Wildman–Crippen MR) is 74.2 cm³/mol. The van der Waals surface area contributed by atoms with Crippen LogP contribution in [0.15, 0.2) is 11.8 Å². The fourth-order valence-corrected chi connectivity index (χ4v) is 2.35. The van der Waals surface area contributed by atoms with Crippen molar-refractivity contribution in [3.63, 3.8) is 0 Å². The van der Waals surface area contributed by atoms with Gasteiger partial charge in [0.25, 0.3) is 0 Å². The van der Waals surface area contributed by atoms with Crippen molar-refractivity contribution in [2.45, 2.75) is 71.9 Å². The molecule has 1 rings (SSSR count). The molecular weight excluding hydrogens is 210 g/mol. The summed E-state index contributed by atoms with van der Waals surface area (Å²) in [7, 11) is 0. The summed E-state index contributed by atoms with van der Waals surface area (Å²) in [5.74, 6) is 1.27. The van der Waals surface area contributed by atoms with E-state index in [1.54, 1.807) is 0 Å². The molecule has 0 heterocycles. The van der Waals surface area contributed by atoms with Gasteiger partial charge < -0.3 is 10.4 Å². The first kappa shape index (κ1) is 14.6. The van der Waals surface area contributed by atoms with Crippen LogP contribution in [0.1, 0.15) is 59.8 Å². The molecule has 2 nitrogen and oxygen atoms in total. The van der Waals surface area contributed by atoms with E-state index in [1.807, 2.05) is 19.9 Å². The van der Waals surface area contributed by atoms with Crippen LogP contribution in [0.4, 0.5) is 0 Å². The Bertz CT molecular complexity index is 239. The summed E-state index contributed by atoms with van der Waals surface area (Å²) in [6.45, 7) is 8.49. The summed E-state index contributed by atoms with van der Waals surface area (Å²) >= 11 is 0. The van der Waals surface area contributed by atoms with Crippen LogP contribution in [0.2, 0.25) is 0 Å². The molecule has 17 heavy (non-hydrogen) atoms. The zero-order valence-electron chi connectivity index (χ0n) is 11.9. The highest BCUT2D eigenvalue weighted by Gasteiger charge is 2.19. The average Bonchev–Trinajstić information content (AvgIpc) is 2.29. The van der Waals surface area contributed by atoms with Gasteiger partial charge in [-0.2, -0.15) is 0 Å². The van der Waals surface area contributed by atoms with Gasteiger partial charge in [0.05, 0.1) is 5.76 Å². The zero-order valence-corrected chi connectivity index (χ0v) is 11.9. The van der Waals surface area contributed by atoms with Crippen LogP contribution < -0.4 is 5.32 Å². The molecule has 100 valence electrons. The highest BCUT2D eigenvalue weighted by atomic mass is 16.3. The van der Waals surface area contributed by atoms with Gasteiger partial charge in [-0.25, -0.2) is 0 Å². The molecule has 0 amide bonds. The van der Waals surface area contributed by atoms with Crippen molar-refractivity contribution in [2.75, 3.05) is 0 Å². The Labute approximate surface area is 106 Å². The summed E-state index contributed by atoms with van der Waals surface area (Å²) in [5, 5.41) is 13.6. The molecule has 0 spiro atoms. The first-order valence-electron chi connectivity index (χ1n) is 7.17. The van der Waals surface area contributed by atoms with Crippen LogP contribution in [0, 0.1) is 11.8 Å². The van der Waals surface area contributed by atoms with Crippen LogP contribution in [0.25, 0.3) is 0 Å². The number of hydrogen-bond acceptors (Lipinski definition) is 2. The van der Waals surface area contributed by atoms with Crippen molar-refractivity contribution in [3.8, 4) is 0 Å². The molecule has 0 aromatic rings. The van der Waals surface area contributed by atoms with E-state index in [9.17, 15) is 5.11 Å². The van der Waals surface area contributed by atoms with E-state index in [0.29, 0.717) is 23.8 Å². The monoisotopic (exact) mass is 239 g/mol. The quantitative estimate of drug-likeness (QED) is 0.710. The van der Waals surface area contributed by atoms with Gasteiger partial charge in [0.1, 0.15) is 0 Å². The molecule has 0 saturated heterocycles. The molecule has 0 aliphatic heterocycles. The summed E-state index contributed by atoms with van der Waals surface area (Å²) in [4.78, 5) is 0. The summed E-state index contributed by atoms with van der Waals surface area (Å²) < 4.78 is 0. The van der Waals surface area contributed by atoms with E-state index in [0.717, 1.165) is 0 Å². The van der Waals surface area contributed by atoms with E-state index in [1.165, 1.54) is 32.1 Å². The van der Waals surface area contributed by atoms with Crippen molar-refractivity contribution in [3.05, 3.63) is 11.8 Å². The lowest BCUT2D eigenvalue weighted by Crippen LogP contribution is -2.41. The Hall–Kier alpha value is -0.500. The number of aliphatic hydroxyl groups excluding tert-OH is 1. The molecule has 0 aromatic carbocycles. The molecule has 1 saturated carbocycles. The number of aliphatic hydroxyl groups is 1. The van der Waals surface area contributed by atoms with E-state index in [4.69, 9.17) is 0 Å². The first-order valence-corrected chi connectivity index (χ1v) is 7.17. The number of hydrogen-bond donors (Lipinski definition) is 2. The standard InChI is InChI=1S/C15H29NO/c1-11(2)14(10-15(17)12(3)4)16-13-8-6-5-7-9-13/h10-14,16-17H,5-9H2,1-4H3/b15-10-. The smallest absolute Gasteiger partial charge is 0.0923 e. The largest absolute Gasteiger partial charge is 0.512 e. The van der Waals surface area contributed by atoms with Crippen molar-refractivity contribution in [1.82, 2.24) is 5.32 Å². The van der Waals surface area contributed by atoms with Crippen molar-refractivity contribution in [2.24, 2.45) is 11.8 Å². The minimum absolute atomic E-state index is 0.226. The third kappa shape index (κ3) is 5.12. The van der Waals surface area contributed by atoms with Gasteiger partial charge in [-0.1, -0.05) is 47.0 Å². The Kier molecular flexibility index (Phi) is 6.04. The van der Waals surface area contributed by atoms with Gasteiger partial charge in [-0.05, 0) is 24.8 Å². The van der Waals surface area contributed by atoms with Gasteiger partial charge in [-0.15, -0.1) is 0 Å². The molecule has 1 aliphatic rings. The Balaban J connectivity index is 2.56. The topological polar surface area (TPSA) is 32.3 Å². The molecular formula is C15H29NO. The molecule has 2 heteroatoms. The second kappa shape index (κ2) is 7.05. The minimum atomic E-state index is 0.226. The molecule has 1 unspecified atom stereocenters. The van der Waals surface area contributed by atoms with Crippen LogP contribution in [-0.4, -0.2) is 17.2 Å². The molecule has 2 N–H and O–H groups in total. The van der Waals surface area contributed by atoms with E-state index in [2.05, 4.69) is 19.2 Å². The van der Waals surface area contributed by atoms with Crippen LogP contribution in [-0.2, 0) is 0 Å². The lowest BCUT2D eigenvalue weighted by molar-refractivity contribution is 0.307. The fourth-order valence-electron chi connectivity index (χ4n) is 2.35. The molecule has 0 bridgehead atoms. The highest BCUT2D eigenvalue weighted by molar-refractivity contribution is 5.03. The predicted octanol–water partition coefficient (Wildman–Crippen LogP) is 4.03. The summed E-state index contributed by atoms with van der Waals surface area (Å²) in [5.41, 5.74) is 0. The van der Waals surface area contributed by atoms with Crippen molar-refractivity contribution < 1.29 is 5.11 Å². The second-order valence-electron chi connectivity index (χ2n) is 6.02. The Morgan fingerprint density at radius 1 is 1.12 bits per heavy atom. The lowest BCUT2D eigenvalue weighted by Gasteiger charge is -2.29. The average molecular weight is 239 g/mol. The highest BCUT2D eigenvalue weighted by Crippen LogP contribution is 2.20. The van der Waals surface area contributed by atoms with Gasteiger partial charge in [-0.3, -0.25) is 0 Å². The van der Waals surface area contributed by atoms with Crippen molar-refractivity contribution >= 4 is 0 Å². The number of allylic oxidation sites excluding steroid dienone is 1. The summed E-state index contributed by atoms with van der Waals surface area (Å²) in [6, 6.07) is 0.952. The maximum Gasteiger partial charge on any atom is 0.0923 e. The van der Waals surface area contributed by atoms with E-state index in [-0.39, 0.29) is 5.92 Å². The van der Waals surface area contributed by atoms with Crippen LogP contribution >= 0.6 is 0 Å². The van der Waals surface area contributed by atoms with Crippen molar-refractivity contribution in [1.29, 1.82) is 0 Å². The molecule has 1 aliphatic carbocycles. The second-order valence-corrected chi connectivity index (χ2v) is 6.02. The number of nitrogens with one attached hydrogen (secondary N) is 1. The van der Waals surface area contributed by atoms with E-state index < -0.39 is 0 Å². The molecule has 0 aromatic heterocycles. The SMILES string of the molecule is CC(C)/C(O)=C/C(NC1CCCCC1)C(C)C. The third-order valence-corrected chi connectivity index (χ3v) is 3.69. The van der Waals surface area contributed by atoms with Crippen LogP contribution in [0.3, 0.4) is 0 Å². The fraction of sp³-hybridized carbons (Fsp3) is 0.867. The van der Waals surface area contributed by atoms with Gasteiger partial charge in [0.2, 0.25) is 0 Å². The normalized spacial score (nSPS) is 21.2. The summed E-state index contributed by atoms with van der Waals surface area (Å²) in [6.07, 6.45) is 8.69. The van der Waals surface area contributed by atoms with Gasteiger partial charge in [0.15, 0.2) is 0 Å². The molecule has 1 atom stereocenters. The maximum absolute atomic E-state index is 9.90. The third-order valence-electron chi connectivity index (χ3n) is 3.69. The Morgan fingerprint density at radius 3 is 2.18 bits per heavy atom. The lowest BCUT2D eigenvalue weighted by atomic mass is 9.92. The maximum atomic E-state index is 9.90.